The molecule has 1 aliphatic rings. The molecule has 10 heteroatoms. The summed E-state index contributed by atoms with van der Waals surface area (Å²) in [5.74, 6) is 1.04. The Hall–Kier alpha value is -4.08. The molecule has 0 saturated heterocycles. The second-order valence-corrected chi connectivity index (χ2v) is 9.40. The van der Waals surface area contributed by atoms with Gasteiger partial charge in [-0.25, -0.2) is 4.79 Å². The molecule has 0 radical (unpaired) electrons. The van der Waals surface area contributed by atoms with Crippen molar-refractivity contribution in [2.45, 2.75) is 46.2 Å². The Morgan fingerprint density at radius 1 is 0.946 bits per heavy atom. The van der Waals surface area contributed by atoms with Crippen molar-refractivity contribution in [2.24, 2.45) is 5.92 Å². The summed E-state index contributed by atoms with van der Waals surface area (Å²) in [5, 5.41) is 6.00. The van der Waals surface area contributed by atoms with Crippen LogP contribution in [0.3, 0.4) is 0 Å². The van der Waals surface area contributed by atoms with Crippen LogP contribution >= 0.6 is 0 Å². The summed E-state index contributed by atoms with van der Waals surface area (Å²) in [6.45, 7) is 5.44. The molecule has 196 valence electrons. The number of nitrogens with one attached hydrogen (secondary N) is 2. The molecule has 2 heterocycles. The number of para-hydroxylation sites is 1. The molecule has 0 fully saturated rings. The first-order chi connectivity index (χ1) is 17.8. The molecule has 37 heavy (non-hydrogen) atoms. The number of carbonyl (C=O) groups is 2. The van der Waals surface area contributed by atoms with E-state index in [-0.39, 0.29) is 19.0 Å². The third-order valence-corrected chi connectivity index (χ3v) is 6.00. The third kappa shape index (κ3) is 6.38. The Bertz CT molecular complexity index is 1410. The highest BCUT2D eigenvalue weighted by Crippen LogP contribution is 2.32. The topological polar surface area (TPSA) is 121 Å². The SMILES string of the molecule is CC(C)CNC(=O)CCCCn1c(=O)c2ccccc2n(CC(=O)Nc2ccc3c(c2)OCCO3)c1=O. The van der Waals surface area contributed by atoms with Crippen molar-refractivity contribution in [3.8, 4) is 11.5 Å². The number of aromatic nitrogens is 2. The van der Waals surface area contributed by atoms with Crippen molar-refractivity contribution in [3.63, 3.8) is 0 Å². The van der Waals surface area contributed by atoms with Gasteiger partial charge in [-0.15, -0.1) is 0 Å². The first kappa shape index (κ1) is 26.0. The Kier molecular flexibility index (Phi) is 8.27. The van der Waals surface area contributed by atoms with Gasteiger partial charge in [0.1, 0.15) is 19.8 Å². The number of hydrogen-bond acceptors (Lipinski definition) is 6. The fourth-order valence-electron chi connectivity index (χ4n) is 4.15. The number of nitrogens with zero attached hydrogens (tertiary/aromatic N) is 2. The minimum atomic E-state index is -0.565. The van der Waals surface area contributed by atoms with Gasteiger partial charge >= 0.3 is 5.69 Å². The monoisotopic (exact) mass is 508 g/mol. The van der Waals surface area contributed by atoms with Gasteiger partial charge in [-0.1, -0.05) is 26.0 Å². The first-order valence-corrected chi connectivity index (χ1v) is 12.5. The zero-order valence-corrected chi connectivity index (χ0v) is 21.1. The molecule has 0 bridgehead atoms. The van der Waals surface area contributed by atoms with Gasteiger partial charge in [-0.3, -0.25) is 23.5 Å². The molecule has 2 aromatic carbocycles. The van der Waals surface area contributed by atoms with Gasteiger partial charge in [0.2, 0.25) is 11.8 Å². The van der Waals surface area contributed by atoms with E-state index in [1.54, 1.807) is 42.5 Å². The van der Waals surface area contributed by atoms with Crippen LogP contribution < -0.4 is 31.4 Å². The van der Waals surface area contributed by atoms with E-state index in [2.05, 4.69) is 10.6 Å². The van der Waals surface area contributed by atoms with Crippen LogP contribution in [0.2, 0.25) is 0 Å². The number of benzene rings is 2. The lowest BCUT2D eigenvalue weighted by molar-refractivity contribution is -0.121. The first-order valence-electron chi connectivity index (χ1n) is 12.5. The summed E-state index contributed by atoms with van der Waals surface area (Å²) in [6.07, 6.45) is 1.33. The van der Waals surface area contributed by atoms with Gasteiger partial charge in [0, 0.05) is 31.3 Å². The molecule has 0 atom stereocenters. The van der Waals surface area contributed by atoms with Crippen molar-refractivity contribution in [2.75, 3.05) is 25.1 Å². The molecule has 10 nitrogen and oxygen atoms in total. The molecule has 1 aromatic heterocycles. The lowest BCUT2D eigenvalue weighted by atomic mass is 10.2. The third-order valence-electron chi connectivity index (χ3n) is 6.00. The summed E-state index contributed by atoms with van der Waals surface area (Å²) in [6, 6.07) is 11.8. The van der Waals surface area contributed by atoms with E-state index in [0.717, 1.165) is 4.57 Å². The van der Waals surface area contributed by atoms with E-state index >= 15 is 0 Å². The molecule has 2 N–H and O–H groups in total. The molecular weight excluding hydrogens is 476 g/mol. The molecule has 0 spiro atoms. The standard InChI is InChI=1S/C27H32N4O6/c1-18(2)16-28-24(32)9-5-6-12-30-26(34)20-7-3-4-8-21(20)31(27(30)35)17-25(33)29-19-10-11-22-23(15-19)37-14-13-36-22/h3-4,7-8,10-11,15,18H,5-6,9,12-14,16-17H2,1-2H3,(H,28,32)(H,29,33). The van der Waals surface area contributed by atoms with E-state index in [0.29, 0.717) is 73.0 Å². The minimum absolute atomic E-state index is 0.0484. The lowest BCUT2D eigenvalue weighted by Crippen LogP contribution is -2.41. The summed E-state index contributed by atoms with van der Waals surface area (Å²) in [7, 11) is 0. The van der Waals surface area contributed by atoms with E-state index in [1.165, 1.54) is 4.57 Å². The van der Waals surface area contributed by atoms with Gasteiger partial charge < -0.3 is 20.1 Å². The van der Waals surface area contributed by atoms with Crippen LogP contribution in [0.1, 0.15) is 33.1 Å². The van der Waals surface area contributed by atoms with Crippen LogP contribution in [0.4, 0.5) is 5.69 Å². The Morgan fingerprint density at radius 2 is 1.70 bits per heavy atom. The van der Waals surface area contributed by atoms with E-state index < -0.39 is 17.2 Å². The Morgan fingerprint density at radius 3 is 2.49 bits per heavy atom. The van der Waals surface area contributed by atoms with Crippen LogP contribution in [0.25, 0.3) is 10.9 Å². The molecule has 0 saturated carbocycles. The van der Waals surface area contributed by atoms with Gasteiger partial charge in [0.25, 0.3) is 5.56 Å². The number of amides is 2. The summed E-state index contributed by atoms with van der Waals surface area (Å²) in [4.78, 5) is 51.3. The zero-order chi connectivity index (χ0) is 26.4. The highest BCUT2D eigenvalue weighted by atomic mass is 16.6. The second kappa shape index (κ2) is 11.8. The Labute approximate surface area is 214 Å². The van der Waals surface area contributed by atoms with Crippen molar-refractivity contribution < 1.29 is 19.1 Å². The smallest absolute Gasteiger partial charge is 0.331 e. The zero-order valence-electron chi connectivity index (χ0n) is 21.1. The molecule has 0 unspecified atom stereocenters. The van der Waals surface area contributed by atoms with Crippen LogP contribution in [-0.2, 0) is 22.7 Å². The molecule has 4 rings (SSSR count). The molecular formula is C27H32N4O6. The van der Waals surface area contributed by atoms with E-state index in [4.69, 9.17) is 9.47 Å². The predicted molar refractivity (Wildman–Crippen MR) is 140 cm³/mol. The highest BCUT2D eigenvalue weighted by Gasteiger charge is 2.17. The predicted octanol–water partition coefficient (Wildman–Crippen LogP) is 2.52. The quantitative estimate of drug-likeness (QED) is 0.406. The molecule has 2 amide bonds. The van der Waals surface area contributed by atoms with Crippen molar-refractivity contribution >= 4 is 28.4 Å². The number of anilines is 1. The fourth-order valence-corrected chi connectivity index (χ4v) is 4.15. The number of hydrogen-bond donors (Lipinski definition) is 2. The highest BCUT2D eigenvalue weighted by molar-refractivity contribution is 5.92. The van der Waals surface area contributed by atoms with Crippen molar-refractivity contribution in [3.05, 3.63) is 63.3 Å². The number of ether oxygens (including phenoxy) is 2. The normalized spacial score (nSPS) is 12.5. The van der Waals surface area contributed by atoms with E-state index in [9.17, 15) is 19.2 Å². The molecule has 3 aromatic rings. The van der Waals surface area contributed by atoms with E-state index in [1.807, 2.05) is 13.8 Å². The van der Waals surface area contributed by atoms with Crippen molar-refractivity contribution in [1.82, 2.24) is 14.5 Å². The average molecular weight is 509 g/mol. The minimum Gasteiger partial charge on any atom is -0.486 e. The molecule has 0 aliphatic carbocycles. The van der Waals surface area contributed by atoms with Gasteiger partial charge in [0.05, 0.1) is 10.9 Å². The van der Waals surface area contributed by atoms with Crippen molar-refractivity contribution in [1.29, 1.82) is 0 Å². The summed E-state index contributed by atoms with van der Waals surface area (Å²) >= 11 is 0. The fraction of sp³-hybridized carbons (Fsp3) is 0.407. The number of carbonyl (C=O) groups excluding carboxylic acids is 2. The van der Waals surface area contributed by atoms with Crippen LogP contribution in [-0.4, -0.2) is 40.7 Å². The maximum absolute atomic E-state index is 13.3. The number of unbranched alkanes of at least 4 members (excludes halogenated alkanes) is 1. The average Bonchev–Trinajstić information content (AvgIpc) is 2.89. The molecule has 1 aliphatic heterocycles. The second-order valence-electron chi connectivity index (χ2n) is 9.40. The maximum Gasteiger partial charge on any atom is 0.331 e. The lowest BCUT2D eigenvalue weighted by Gasteiger charge is -2.19. The summed E-state index contributed by atoms with van der Waals surface area (Å²) in [5.41, 5.74) is -0.0755. The largest absolute Gasteiger partial charge is 0.486 e. The van der Waals surface area contributed by atoms with Crippen LogP contribution in [0.15, 0.2) is 52.1 Å². The van der Waals surface area contributed by atoms with Crippen LogP contribution in [0, 0.1) is 5.92 Å². The van der Waals surface area contributed by atoms with Crippen LogP contribution in [0.5, 0.6) is 11.5 Å². The Balaban J connectivity index is 1.49. The van der Waals surface area contributed by atoms with Gasteiger partial charge in [-0.05, 0) is 43.0 Å². The van der Waals surface area contributed by atoms with Gasteiger partial charge in [-0.2, -0.15) is 0 Å². The van der Waals surface area contributed by atoms with Gasteiger partial charge in [0.15, 0.2) is 11.5 Å². The number of fused-ring (bicyclic) bond motifs is 2. The summed E-state index contributed by atoms with van der Waals surface area (Å²) < 4.78 is 13.5. The maximum atomic E-state index is 13.3. The number of rotatable bonds is 10.